The summed E-state index contributed by atoms with van der Waals surface area (Å²) in [6.07, 6.45) is 1.92. The van der Waals surface area contributed by atoms with Crippen molar-refractivity contribution in [3.05, 3.63) is 29.8 Å². The molecule has 1 aromatic carbocycles. The predicted octanol–water partition coefficient (Wildman–Crippen LogP) is 1.30. The summed E-state index contributed by atoms with van der Waals surface area (Å²) >= 11 is 0. The summed E-state index contributed by atoms with van der Waals surface area (Å²) in [5.74, 6) is -0.885. The minimum atomic E-state index is -0.885. The molecule has 0 atom stereocenters. The number of carbonyl (C=O) groups excluding carboxylic acids is 1. The van der Waals surface area contributed by atoms with Crippen LogP contribution in [0.4, 0.5) is 10.5 Å². The van der Waals surface area contributed by atoms with Crippen molar-refractivity contribution in [2.45, 2.75) is 25.3 Å². The van der Waals surface area contributed by atoms with E-state index in [0.717, 1.165) is 12.8 Å². The number of benzene rings is 1. The van der Waals surface area contributed by atoms with Gasteiger partial charge in [0, 0.05) is 18.3 Å². The summed E-state index contributed by atoms with van der Waals surface area (Å²) in [4.78, 5) is 24.3. The third-order valence-corrected chi connectivity index (χ3v) is 3.15. The third-order valence-electron chi connectivity index (χ3n) is 3.15. The van der Waals surface area contributed by atoms with Crippen LogP contribution in [0.2, 0.25) is 0 Å². The predicted molar refractivity (Wildman–Crippen MR) is 73.6 cm³/mol. The lowest BCUT2D eigenvalue weighted by atomic mass is 10.1. The number of aliphatic hydroxyl groups excluding tert-OH is 1. The first-order valence-corrected chi connectivity index (χ1v) is 6.59. The third kappa shape index (κ3) is 3.96. The highest BCUT2D eigenvalue weighted by Gasteiger charge is 2.32. The Morgan fingerprint density at radius 1 is 1.25 bits per heavy atom. The van der Waals surface area contributed by atoms with Gasteiger partial charge in [0.2, 0.25) is 0 Å². The second kappa shape index (κ2) is 6.38. The quantitative estimate of drug-likeness (QED) is 0.731. The largest absolute Gasteiger partial charge is 0.481 e. The molecule has 1 aliphatic rings. The first-order valence-electron chi connectivity index (χ1n) is 6.59. The average molecular weight is 278 g/mol. The molecule has 0 aliphatic heterocycles. The molecule has 1 aromatic rings. The van der Waals surface area contributed by atoms with Gasteiger partial charge in [-0.05, 0) is 30.5 Å². The van der Waals surface area contributed by atoms with Gasteiger partial charge in [-0.1, -0.05) is 12.1 Å². The number of aliphatic hydroxyl groups is 1. The molecular weight excluding hydrogens is 260 g/mol. The summed E-state index contributed by atoms with van der Waals surface area (Å²) in [7, 11) is 0. The second-order valence-corrected chi connectivity index (χ2v) is 4.85. The smallest absolute Gasteiger partial charge is 0.322 e. The van der Waals surface area contributed by atoms with E-state index in [2.05, 4.69) is 5.32 Å². The van der Waals surface area contributed by atoms with Gasteiger partial charge in [0.25, 0.3) is 0 Å². The molecule has 6 heteroatoms. The highest BCUT2D eigenvalue weighted by Crippen LogP contribution is 2.27. The number of amides is 2. The molecule has 1 fully saturated rings. The Morgan fingerprint density at radius 2 is 1.90 bits per heavy atom. The van der Waals surface area contributed by atoms with Crippen molar-refractivity contribution in [2.75, 3.05) is 18.5 Å². The van der Waals surface area contributed by atoms with Crippen LogP contribution in [0.25, 0.3) is 0 Å². The van der Waals surface area contributed by atoms with E-state index in [1.807, 2.05) is 0 Å². The minimum absolute atomic E-state index is 0.0348. The number of rotatable bonds is 6. The van der Waals surface area contributed by atoms with Crippen molar-refractivity contribution in [3.8, 4) is 0 Å². The molecule has 3 N–H and O–H groups in total. The lowest BCUT2D eigenvalue weighted by Gasteiger charge is -2.21. The van der Waals surface area contributed by atoms with Crippen LogP contribution in [0.1, 0.15) is 18.4 Å². The fourth-order valence-electron chi connectivity index (χ4n) is 2.02. The van der Waals surface area contributed by atoms with Crippen molar-refractivity contribution < 1.29 is 19.8 Å². The van der Waals surface area contributed by atoms with E-state index in [9.17, 15) is 9.59 Å². The number of hydrogen-bond donors (Lipinski definition) is 3. The molecule has 1 aliphatic carbocycles. The average Bonchev–Trinajstić information content (AvgIpc) is 3.22. The number of urea groups is 1. The van der Waals surface area contributed by atoms with Crippen molar-refractivity contribution in [3.63, 3.8) is 0 Å². The maximum Gasteiger partial charge on any atom is 0.322 e. The van der Waals surface area contributed by atoms with Gasteiger partial charge >= 0.3 is 12.0 Å². The van der Waals surface area contributed by atoms with Gasteiger partial charge in [0.15, 0.2) is 0 Å². The summed E-state index contributed by atoms with van der Waals surface area (Å²) in [5.41, 5.74) is 1.30. The molecule has 20 heavy (non-hydrogen) atoms. The standard InChI is InChI=1S/C14H18N2O4/c17-8-7-16(12-5-6-12)14(20)15-11-3-1-10(2-4-11)9-13(18)19/h1-4,12,17H,5-9H2,(H,15,20)(H,18,19). The lowest BCUT2D eigenvalue weighted by molar-refractivity contribution is -0.136. The van der Waals surface area contributed by atoms with Crippen LogP contribution >= 0.6 is 0 Å². The van der Waals surface area contributed by atoms with Crippen LogP contribution in [0.3, 0.4) is 0 Å². The number of carboxylic acids is 1. The number of aliphatic carboxylic acids is 1. The highest BCUT2D eigenvalue weighted by molar-refractivity contribution is 5.89. The Bertz CT molecular complexity index is 482. The molecule has 0 unspecified atom stereocenters. The van der Waals surface area contributed by atoms with Crippen molar-refractivity contribution in [1.82, 2.24) is 4.90 Å². The Kier molecular flexibility index (Phi) is 4.57. The number of hydrogen-bond acceptors (Lipinski definition) is 3. The summed E-state index contributed by atoms with van der Waals surface area (Å²) in [6, 6.07) is 6.72. The molecule has 0 saturated heterocycles. The molecule has 1 saturated carbocycles. The maximum atomic E-state index is 12.1. The van der Waals surface area contributed by atoms with Gasteiger partial charge in [-0.15, -0.1) is 0 Å². The Labute approximate surface area is 117 Å². The van der Waals surface area contributed by atoms with E-state index in [1.165, 1.54) is 0 Å². The van der Waals surface area contributed by atoms with Gasteiger partial charge in [0.1, 0.15) is 0 Å². The van der Waals surface area contributed by atoms with E-state index >= 15 is 0 Å². The van der Waals surface area contributed by atoms with Crippen LogP contribution in [0.15, 0.2) is 24.3 Å². The number of nitrogens with one attached hydrogen (secondary N) is 1. The van der Waals surface area contributed by atoms with E-state index in [-0.39, 0.29) is 25.1 Å². The van der Waals surface area contributed by atoms with E-state index in [1.54, 1.807) is 29.2 Å². The molecule has 108 valence electrons. The fraction of sp³-hybridized carbons (Fsp3) is 0.429. The lowest BCUT2D eigenvalue weighted by Crippen LogP contribution is -2.38. The molecular formula is C14H18N2O4. The van der Waals surface area contributed by atoms with Crippen LogP contribution in [0, 0.1) is 0 Å². The highest BCUT2D eigenvalue weighted by atomic mass is 16.4. The molecule has 0 bridgehead atoms. The van der Waals surface area contributed by atoms with E-state index < -0.39 is 5.97 Å². The van der Waals surface area contributed by atoms with E-state index in [4.69, 9.17) is 10.2 Å². The van der Waals surface area contributed by atoms with Gasteiger partial charge in [-0.25, -0.2) is 4.79 Å². The summed E-state index contributed by atoms with van der Waals surface area (Å²) in [5, 5.41) is 20.4. The molecule has 2 amide bonds. The van der Waals surface area contributed by atoms with Gasteiger partial charge < -0.3 is 20.4 Å². The molecule has 0 spiro atoms. The van der Waals surface area contributed by atoms with Gasteiger partial charge in [-0.3, -0.25) is 4.79 Å². The summed E-state index contributed by atoms with van der Waals surface area (Å²) < 4.78 is 0. The van der Waals surface area contributed by atoms with Crippen LogP contribution in [-0.2, 0) is 11.2 Å². The number of carbonyl (C=O) groups is 2. The van der Waals surface area contributed by atoms with Crippen molar-refractivity contribution >= 4 is 17.7 Å². The monoisotopic (exact) mass is 278 g/mol. The normalized spacial score (nSPS) is 13.8. The number of nitrogens with zero attached hydrogens (tertiary/aromatic N) is 1. The fourth-order valence-corrected chi connectivity index (χ4v) is 2.02. The van der Waals surface area contributed by atoms with Crippen molar-refractivity contribution in [2.24, 2.45) is 0 Å². The maximum absolute atomic E-state index is 12.1. The SMILES string of the molecule is O=C(O)Cc1ccc(NC(=O)N(CCO)C2CC2)cc1. The van der Waals surface area contributed by atoms with Crippen LogP contribution in [-0.4, -0.2) is 46.3 Å². The molecule has 0 radical (unpaired) electrons. The Morgan fingerprint density at radius 3 is 2.40 bits per heavy atom. The van der Waals surface area contributed by atoms with Crippen LogP contribution < -0.4 is 5.32 Å². The topological polar surface area (TPSA) is 89.9 Å². The zero-order valence-electron chi connectivity index (χ0n) is 11.1. The zero-order valence-corrected chi connectivity index (χ0v) is 11.1. The van der Waals surface area contributed by atoms with Gasteiger partial charge in [0.05, 0.1) is 13.0 Å². The molecule has 2 rings (SSSR count). The molecule has 0 heterocycles. The van der Waals surface area contributed by atoms with E-state index in [0.29, 0.717) is 17.8 Å². The van der Waals surface area contributed by atoms with Gasteiger partial charge in [-0.2, -0.15) is 0 Å². The first-order chi connectivity index (χ1) is 9.60. The first kappa shape index (κ1) is 14.3. The Hall–Kier alpha value is -2.08. The second-order valence-electron chi connectivity index (χ2n) is 4.85. The molecule has 6 nitrogen and oxygen atoms in total. The number of carboxylic acid groups (broad SMARTS) is 1. The zero-order chi connectivity index (χ0) is 14.5. The van der Waals surface area contributed by atoms with Crippen LogP contribution in [0.5, 0.6) is 0 Å². The molecule has 0 aromatic heterocycles. The Balaban J connectivity index is 1.94. The minimum Gasteiger partial charge on any atom is -0.481 e. The summed E-state index contributed by atoms with van der Waals surface area (Å²) in [6.45, 7) is 0.273. The number of anilines is 1. The van der Waals surface area contributed by atoms with Crippen molar-refractivity contribution in [1.29, 1.82) is 0 Å².